The minimum absolute atomic E-state index is 0.127. The Morgan fingerprint density at radius 2 is 0.629 bits per heavy atom. The summed E-state index contributed by atoms with van der Waals surface area (Å²) in [4.78, 5) is 76.4. The third-order valence-corrected chi connectivity index (χ3v) is 11.1. The van der Waals surface area contributed by atoms with E-state index in [1.165, 1.54) is 24.3 Å². The molecule has 70 heavy (non-hydrogen) atoms. The van der Waals surface area contributed by atoms with E-state index in [1.54, 1.807) is 109 Å². The predicted molar refractivity (Wildman–Crippen MR) is 263 cm³/mol. The van der Waals surface area contributed by atoms with Crippen LogP contribution in [0.25, 0.3) is 45.5 Å². The molecule has 0 aliphatic heterocycles. The van der Waals surface area contributed by atoms with Gasteiger partial charge in [0, 0.05) is 11.1 Å². The Balaban J connectivity index is 1.02. The van der Waals surface area contributed by atoms with Gasteiger partial charge in [0.25, 0.3) is 0 Å². The molecule has 12 nitrogen and oxygen atoms in total. The molecule has 0 heterocycles. The first kappa shape index (κ1) is 46.6. The van der Waals surface area contributed by atoms with E-state index in [4.69, 9.17) is 9.47 Å². The topological polar surface area (TPSA) is 202 Å². The number of ether oxygens (including phenoxy) is 2. The minimum atomic E-state index is -1.74. The fraction of sp³-hybridized carbons (Fsp3) is 0. The summed E-state index contributed by atoms with van der Waals surface area (Å²) in [6.45, 7) is 0. The Morgan fingerprint density at radius 3 is 0.929 bits per heavy atom. The van der Waals surface area contributed by atoms with Crippen molar-refractivity contribution in [2.24, 2.45) is 0 Å². The van der Waals surface area contributed by atoms with Crippen LogP contribution in [-0.2, 0) is 0 Å². The molecule has 8 aromatic carbocycles. The number of hydrogen-bond acceptors (Lipinski definition) is 8. The highest BCUT2D eigenvalue weighted by Gasteiger charge is 2.32. The Bertz CT molecular complexity index is 3130. The first-order valence-electron chi connectivity index (χ1n) is 21.4. The number of hydrogen-bond donors (Lipinski definition) is 4. The zero-order valence-corrected chi connectivity index (χ0v) is 36.7. The van der Waals surface area contributed by atoms with E-state index in [0.29, 0.717) is 11.1 Å². The van der Waals surface area contributed by atoms with E-state index >= 15 is 0 Å². The molecule has 0 aliphatic carbocycles. The molecular weight excluding hydrogens is 889 g/mol. The zero-order chi connectivity index (χ0) is 49.3. The van der Waals surface area contributed by atoms with Crippen LogP contribution in [0.2, 0.25) is 0 Å². The number of rotatable bonds is 17. The Labute approximate surface area is 399 Å². The highest BCUT2D eigenvalue weighted by Crippen LogP contribution is 2.41. The fourth-order valence-corrected chi connectivity index (χ4v) is 7.65. The average Bonchev–Trinajstić information content (AvgIpc) is 3.38. The van der Waals surface area contributed by atoms with Crippen molar-refractivity contribution >= 4 is 47.6 Å². The summed E-state index contributed by atoms with van der Waals surface area (Å²) in [6, 6.07) is 50.4. The number of carbonyl (C=O) groups excluding carboxylic acids is 2. The third-order valence-electron chi connectivity index (χ3n) is 11.1. The monoisotopic (exact) mass is 926 g/mol. The minimum Gasteiger partial charge on any atom is -0.478 e. The maximum absolute atomic E-state index is 12.9. The van der Waals surface area contributed by atoms with Crippen molar-refractivity contribution in [2.45, 2.75) is 0 Å². The van der Waals surface area contributed by atoms with Crippen molar-refractivity contribution in [2.75, 3.05) is 0 Å². The summed E-state index contributed by atoms with van der Waals surface area (Å²) >= 11 is 0. The van der Waals surface area contributed by atoms with Gasteiger partial charge in [0.2, 0.25) is 0 Å². The van der Waals surface area contributed by atoms with Crippen LogP contribution in [0.4, 0.5) is 0 Å². The van der Waals surface area contributed by atoms with Crippen LogP contribution in [0.5, 0.6) is 23.0 Å². The lowest BCUT2D eigenvalue weighted by Crippen LogP contribution is -2.15. The van der Waals surface area contributed by atoms with Crippen LogP contribution in [-0.4, -0.2) is 55.9 Å². The van der Waals surface area contributed by atoms with Crippen LogP contribution in [0.3, 0.4) is 0 Å². The first-order valence-corrected chi connectivity index (χ1v) is 21.4. The molecule has 0 spiro atoms. The summed E-state index contributed by atoms with van der Waals surface area (Å²) in [5.74, 6) is -7.57. The second-order valence-electron chi connectivity index (χ2n) is 15.6. The number of allylic oxidation sites excluding steroid dienone is 2. The van der Waals surface area contributed by atoms with E-state index < -0.39 is 57.3 Å². The standard InChI is InChI=1S/C58H38O12/c59-47(41-7-3-1-4-8-41)31-15-35-11-17-37(18-12-35)39-21-25-43(26-22-39)69-49-33-29-45(51(55(61)62)53(49)57(65)66)46-30-34-50(54(58(67)68)52(46)56(63)64)70-44-27-23-40(24-28-44)38-19-13-36(14-20-38)16-32-48(60)42-9-5-2-6-10-42/h1-34H,(H,61,62)(H,63,64)(H,65,66)(H,67,68)/b31-15+,32-16+. The van der Waals surface area contributed by atoms with Crippen molar-refractivity contribution in [3.05, 3.63) is 239 Å². The Hall–Kier alpha value is -9.94. The van der Waals surface area contributed by atoms with E-state index in [0.717, 1.165) is 45.5 Å². The average molecular weight is 927 g/mol. The molecule has 0 saturated heterocycles. The number of carbonyl (C=O) groups is 6. The van der Waals surface area contributed by atoms with Crippen molar-refractivity contribution in [1.82, 2.24) is 0 Å². The summed E-state index contributed by atoms with van der Waals surface area (Å²) in [5.41, 5.74) is 1.88. The normalized spacial score (nSPS) is 11.0. The molecule has 0 aliphatic rings. The molecule has 0 aromatic heterocycles. The quantitative estimate of drug-likeness (QED) is 0.0498. The molecule has 0 bridgehead atoms. The van der Waals surface area contributed by atoms with Crippen LogP contribution < -0.4 is 9.47 Å². The van der Waals surface area contributed by atoms with Gasteiger partial charge in [-0.3, -0.25) is 9.59 Å². The van der Waals surface area contributed by atoms with Gasteiger partial charge >= 0.3 is 23.9 Å². The van der Waals surface area contributed by atoms with Gasteiger partial charge in [-0.15, -0.1) is 0 Å². The van der Waals surface area contributed by atoms with Gasteiger partial charge in [-0.1, -0.05) is 146 Å². The lowest BCUT2D eigenvalue weighted by atomic mass is 9.89. The molecule has 342 valence electrons. The van der Waals surface area contributed by atoms with Crippen molar-refractivity contribution in [3.8, 4) is 56.4 Å². The molecule has 0 radical (unpaired) electrons. The number of aromatic carboxylic acids is 4. The van der Waals surface area contributed by atoms with Crippen LogP contribution in [0.1, 0.15) is 73.3 Å². The molecule has 0 saturated carbocycles. The van der Waals surface area contributed by atoms with Gasteiger partial charge in [-0.25, -0.2) is 19.2 Å². The lowest BCUT2D eigenvalue weighted by Gasteiger charge is -2.18. The highest BCUT2D eigenvalue weighted by molar-refractivity contribution is 6.13. The first-order chi connectivity index (χ1) is 33.8. The summed E-state index contributed by atoms with van der Waals surface area (Å²) in [7, 11) is 0. The van der Waals surface area contributed by atoms with Crippen LogP contribution >= 0.6 is 0 Å². The third kappa shape index (κ3) is 10.5. The molecule has 0 unspecified atom stereocenters. The van der Waals surface area contributed by atoms with Gasteiger partial charge < -0.3 is 29.9 Å². The van der Waals surface area contributed by atoms with Gasteiger partial charge in [0.15, 0.2) is 11.6 Å². The summed E-state index contributed by atoms with van der Waals surface area (Å²) < 4.78 is 11.8. The van der Waals surface area contributed by atoms with Crippen molar-refractivity contribution in [1.29, 1.82) is 0 Å². The van der Waals surface area contributed by atoms with Crippen molar-refractivity contribution < 1.29 is 58.7 Å². The second-order valence-corrected chi connectivity index (χ2v) is 15.6. The second kappa shape index (κ2) is 20.7. The molecule has 0 amide bonds. The molecule has 8 rings (SSSR count). The van der Waals surface area contributed by atoms with Crippen molar-refractivity contribution in [3.63, 3.8) is 0 Å². The van der Waals surface area contributed by atoms with Crippen LogP contribution in [0, 0.1) is 0 Å². The Morgan fingerprint density at radius 1 is 0.329 bits per heavy atom. The van der Waals surface area contributed by atoms with Gasteiger partial charge in [-0.2, -0.15) is 0 Å². The van der Waals surface area contributed by atoms with E-state index in [1.807, 2.05) is 60.7 Å². The SMILES string of the molecule is O=C(/C=C/c1ccc(-c2ccc(Oc3ccc(-c4ccc(Oc5ccc(-c6ccc(/C=C/C(=O)c7ccccc7)cc6)cc5)c(C(=O)O)c4C(=O)O)c(C(=O)O)c3C(=O)O)cc2)cc1)c1ccccc1. The van der Waals surface area contributed by atoms with E-state index in [9.17, 15) is 49.2 Å². The smallest absolute Gasteiger partial charge is 0.340 e. The molecule has 0 fully saturated rings. The molecule has 4 N–H and O–H groups in total. The molecule has 12 heteroatoms. The molecular formula is C58H38O12. The maximum Gasteiger partial charge on any atom is 0.340 e. The van der Waals surface area contributed by atoms with Gasteiger partial charge in [-0.05, 0) is 105 Å². The number of carboxylic acids is 4. The summed E-state index contributed by atoms with van der Waals surface area (Å²) in [6.07, 6.45) is 6.43. The van der Waals surface area contributed by atoms with Crippen LogP contribution in [0.15, 0.2) is 194 Å². The predicted octanol–water partition coefficient (Wildman–Crippen LogP) is 12.9. The Kier molecular flexibility index (Phi) is 13.8. The van der Waals surface area contributed by atoms with E-state index in [-0.39, 0.29) is 34.6 Å². The number of carboxylic acid groups (broad SMARTS) is 4. The molecule has 8 aromatic rings. The van der Waals surface area contributed by atoms with E-state index in [2.05, 4.69) is 0 Å². The highest BCUT2D eigenvalue weighted by atomic mass is 16.5. The number of benzene rings is 8. The maximum atomic E-state index is 12.9. The van der Waals surface area contributed by atoms with Gasteiger partial charge in [0.1, 0.15) is 34.1 Å². The zero-order valence-electron chi connectivity index (χ0n) is 36.7. The lowest BCUT2D eigenvalue weighted by molar-refractivity contribution is 0.0647. The summed E-state index contributed by atoms with van der Waals surface area (Å²) in [5, 5.41) is 41.7. The van der Waals surface area contributed by atoms with Gasteiger partial charge in [0.05, 0.1) is 11.1 Å². The number of ketones is 2. The largest absolute Gasteiger partial charge is 0.478 e. The molecule has 0 atom stereocenters. The fourth-order valence-electron chi connectivity index (χ4n) is 7.65.